The minimum Gasteiger partial charge on any atom is -0.337 e. The van der Waals surface area contributed by atoms with Crippen LogP contribution in [0.5, 0.6) is 0 Å². The highest BCUT2D eigenvalue weighted by molar-refractivity contribution is 9.10. The van der Waals surface area contributed by atoms with Crippen LogP contribution in [0.2, 0.25) is 0 Å². The van der Waals surface area contributed by atoms with Crippen molar-refractivity contribution in [2.75, 3.05) is 20.1 Å². The fourth-order valence-corrected chi connectivity index (χ4v) is 5.70. The van der Waals surface area contributed by atoms with Gasteiger partial charge in [-0.2, -0.15) is 9.29 Å². The summed E-state index contributed by atoms with van der Waals surface area (Å²) < 4.78 is 46.5. The maximum atomic E-state index is 13.2. The van der Waals surface area contributed by atoms with Gasteiger partial charge in [-0.05, 0) is 49.2 Å². The third-order valence-corrected chi connectivity index (χ3v) is 7.86. The van der Waals surface area contributed by atoms with Crippen molar-refractivity contribution >= 4 is 31.9 Å². The first-order chi connectivity index (χ1) is 15.7. The molecule has 174 valence electrons. The summed E-state index contributed by atoms with van der Waals surface area (Å²) in [6.07, 6.45) is 1.13. The summed E-state index contributed by atoms with van der Waals surface area (Å²) >= 11 is 3.40. The fourth-order valence-electron chi connectivity index (χ4n) is 3.77. The van der Waals surface area contributed by atoms with E-state index >= 15 is 0 Å². The second-order valence-electron chi connectivity index (χ2n) is 7.87. The van der Waals surface area contributed by atoms with E-state index in [9.17, 15) is 17.6 Å². The number of nitrogens with zero attached hydrogens (tertiary/aromatic N) is 4. The van der Waals surface area contributed by atoms with E-state index in [1.165, 1.54) is 21.3 Å². The molecule has 0 spiro atoms. The number of hydrogen-bond acceptors (Lipinski definition) is 6. The Morgan fingerprint density at radius 2 is 2.03 bits per heavy atom. The molecule has 1 atom stereocenters. The minimum absolute atomic E-state index is 0.0105. The Labute approximate surface area is 199 Å². The van der Waals surface area contributed by atoms with Gasteiger partial charge in [0.1, 0.15) is 5.82 Å². The summed E-state index contributed by atoms with van der Waals surface area (Å²) in [5.41, 5.74) is 0.780. The van der Waals surface area contributed by atoms with Gasteiger partial charge in [0, 0.05) is 30.2 Å². The third-order valence-electron chi connectivity index (χ3n) is 5.48. The lowest BCUT2D eigenvalue weighted by Gasteiger charge is -2.33. The van der Waals surface area contributed by atoms with Crippen LogP contribution in [0.4, 0.5) is 4.39 Å². The van der Waals surface area contributed by atoms with Crippen LogP contribution >= 0.6 is 15.9 Å². The predicted octanol–water partition coefficient (Wildman–Crippen LogP) is 3.70. The molecule has 1 aliphatic heterocycles. The molecule has 2 aromatic carbocycles. The molecule has 0 aliphatic carbocycles. The molecule has 1 aliphatic rings. The van der Waals surface area contributed by atoms with Crippen LogP contribution in [-0.4, -0.2) is 53.8 Å². The number of aromatic nitrogens is 2. The molecule has 33 heavy (non-hydrogen) atoms. The molecule has 0 radical (unpaired) electrons. The maximum absolute atomic E-state index is 13.2. The number of amides is 1. The summed E-state index contributed by atoms with van der Waals surface area (Å²) in [4.78, 5) is 18.9. The number of hydrogen-bond donors (Lipinski definition) is 0. The van der Waals surface area contributed by atoms with E-state index in [4.69, 9.17) is 4.52 Å². The van der Waals surface area contributed by atoms with Gasteiger partial charge in [-0.3, -0.25) is 4.79 Å². The second kappa shape index (κ2) is 9.70. The molecule has 1 saturated heterocycles. The van der Waals surface area contributed by atoms with Crippen molar-refractivity contribution in [3.8, 4) is 11.4 Å². The molecule has 2 heterocycles. The van der Waals surface area contributed by atoms with Crippen LogP contribution in [0.15, 0.2) is 62.4 Å². The quantitative estimate of drug-likeness (QED) is 0.476. The summed E-state index contributed by atoms with van der Waals surface area (Å²) in [6.45, 7) is 0.490. The van der Waals surface area contributed by atoms with E-state index in [0.29, 0.717) is 25.2 Å². The molecule has 0 unspecified atom stereocenters. The Morgan fingerprint density at radius 3 is 2.76 bits per heavy atom. The molecule has 0 saturated carbocycles. The standard InChI is InChI=1S/C22H22BrFN4O4S/c1-27(14-20-25-21(26-32-20)15-4-2-6-17(23)12-15)22(29)16-5-3-11-28(13-16)33(30,31)19-9-7-18(24)8-10-19/h2,4,6-10,12,16H,3,5,11,13-14H2,1H3/t16-/m1/s1. The zero-order valence-electron chi connectivity index (χ0n) is 17.8. The van der Waals surface area contributed by atoms with Crippen LogP contribution < -0.4 is 0 Å². The summed E-state index contributed by atoms with van der Waals surface area (Å²) in [5, 5.41) is 3.98. The zero-order chi connectivity index (χ0) is 23.6. The summed E-state index contributed by atoms with van der Waals surface area (Å²) in [5.74, 6) is -0.497. The number of piperidine rings is 1. The molecule has 1 fully saturated rings. The number of benzene rings is 2. The van der Waals surface area contributed by atoms with Gasteiger partial charge < -0.3 is 9.42 Å². The molecular formula is C22H22BrFN4O4S. The van der Waals surface area contributed by atoms with E-state index < -0.39 is 21.8 Å². The molecule has 0 N–H and O–H groups in total. The van der Waals surface area contributed by atoms with Gasteiger partial charge >= 0.3 is 0 Å². The monoisotopic (exact) mass is 536 g/mol. The number of sulfonamides is 1. The average molecular weight is 537 g/mol. The van der Waals surface area contributed by atoms with Crippen molar-refractivity contribution in [2.24, 2.45) is 5.92 Å². The molecule has 1 aromatic heterocycles. The molecule has 0 bridgehead atoms. The molecule has 1 amide bonds. The first-order valence-electron chi connectivity index (χ1n) is 10.3. The van der Waals surface area contributed by atoms with Gasteiger partial charge in [0.05, 0.1) is 17.4 Å². The minimum atomic E-state index is -3.81. The summed E-state index contributed by atoms with van der Waals surface area (Å²) in [7, 11) is -2.19. The van der Waals surface area contributed by atoms with Crippen molar-refractivity contribution in [3.63, 3.8) is 0 Å². The number of rotatable bonds is 6. The SMILES string of the molecule is CN(Cc1nc(-c2cccc(Br)c2)no1)C(=O)[C@@H]1CCCN(S(=O)(=O)c2ccc(F)cc2)C1. The Kier molecular flexibility index (Phi) is 6.91. The Morgan fingerprint density at radius 1 is 1.27 bits per heavy atom. The second-order valence-corrected chi connectivity index (χ2v) is 10.7. The van der Waals surface area contributed by atoms with Gasteiger partial charge in [-0.1, -0.05) is 33.2 Å². The first-order valence-corrected chi connectivity index (χ1v) is 12.6. The van der Waals surface area contributed by atoms with E-state index in [1.807, 2.05) is 24.3 Å². The van der Waals surface area contributed by atoms with E-state index in [-0.39, 0.29) is 29.8 Å². The van der Waals surface area contributed by atoms with E-state index in [0.717, 1.165) is 22.2 Å². The molecule has 8 nitrogen and oxygen atoms in total. The largest absolute Gasteiger partial charge is 0.337 e. The number of halogens is 2. The summed E-state index contributed by atoms with van der Waals surface area (Å²) in [6, 6.07) is 12.2. The highest BCUT2D eigenvalue weighted by Gasteiger charge is 2.34. The van der Waals surface area contributed by atoms with Crippen molar-refractivity contribution in [1.82, 2.24) is 19.3 Å². The maximum Gasteiger partial charge on any atom is 0.246 e. The first kappa shape index (κ1) is 23.5. The van der Waals surface area contributed by atoms with Crippen molar-refractivity contribution in [3.05, 3.63) is 64.7 Å². The zero-order valence-corrected chi connectivity index (χ0v) is 20.2. The average Bonchev–Trinajstić information content (AvgIpc) is 3.27. The van der Waals surface area contributed by atoms with Crippen LogP contribution in [0.1, 0.15) is 18.7 Å². The number of carbonyl (C=O) groups is 1. The molecular weight excluding hydrogens is 515 g/mol. The highest BCUT2D eigenvalue weighted by atomic mass is 79.9. The lowest BCUT2D eigenvalue weighted by molar-refractivity contribution is -0.136. The van der Waals surface area contributed by atoms with Gasteiger partial charge in [0.15, 0.2) is 0 Å². The molecule has 3 aromatic rings. The normalized spacial score (nSPS) is 17.1. The van der Waals surface area contributed by atoms with Crippen LogP contribution in [0.3, 0.4) is 0 Å². The van der Waals surface area contributed by atoms with Crippen LogP contribution in [0.25, 0.3) is 11.4 Å². The van der Waals surface area contributed by atoms with Crippen molar-refractivity contribution in [1.29, 1.82) is 0 Å². The lowest BCUT2D eigenvalue weighted by atomic mass is 9.98. The topological polar surface area (TPSA) is 96.6 Å². The van der Waals surface area contributed by atoms with Gasteiger partial charge in [0.2, 0.25) is 27.6 Å². The third kappa shape index (κ3) is 5.31. The van der Waals surface area contributed by atoms with E-state index in [2.05, 4.69) is 26.1 Å². The molecule has 11 heteroatoms. The predicted molar refractivity (Wildman–Crippen MR) is 122 cm³/mol. The number of carbonyl (C=O) groups excluding carboxylic acids is 1. The smallest absolute Gasteiger partial charge is 0.246 e. The van der Waals surface area contributed by atoms with Crippen LogP contribution in [-0.2, 0) is 21.4 Å². The Balaban J connectivity index is 1.42. The van der Waals surface area contributed by atoms with Crippen molar-refractivity contribution < 1.29 is 22.1 Å². The highest BCUT2D eigenvalue weighted by Crippen LogP contribution is 2.26. The lowest BCUT2D eigenvalue weighted by Crippen LogP contribution is -2.45. The van der Waals surface area contributed by atoms with Gasteiger partial charge in [0.25, 0.3) is 0 Å². The molecule has 4 rings (SSSR count). The van der Waals surface area contributed by atoms with E-state index in [1.54, 1.807) is 7.05 Å². The van der Waals surface area contributed by atoms with Crippen molar-refractivity contribution in [2.45, 2.75) is 24.3 Å². The Bertz CT molecular complexity index is 1250. The van der Waals surface area contributed by atoms with Gasteiger partial charge in [-0.15, -0.1) is 0 Å². The Hall–Kier alpha value is -2.63. The van der Waals surface area contributed by atoms with Crippen LogP contribution in [0, 0.1) is 11.7 Å². The fraction of sp³-hybridized carbons (Fsp3) is 0.318. The van der Waals surface area contributed by atoms with Gasteiger partial charge in [-0.25, -0.2) is 12.8 Å².